The average Bonchev–Trinajstić information content (AvgIpc) is 2.16. The van der Waals surface area contributed by atoms with Crippen LogP contribution in [-0.4, -0.2) is 114 Å². The zero-order valence-corrected chi connectivity index (χ0v) is 7.78. The molecule has 0 atom stereocenters. The molecule has 0 aliphatic heterocycles. The van der Waals surface area contributed by atoms with Crippen molar-refractivity contribution < 1.29 is 24.4 Å². The van der Waals surface area contributed by atoms with E-state index < -0.39 is 0 Å². The third-order valence-electron chi connectivity index (χ3n) is 1.22. The molecule has 14 heavy (non-hydrogen) atoms. The molecular formula is C8H19KO5. The van der Waals surface area contributed by atoms with Gasteiger partial charge < -0.3 is 24.4 Å². The van der Waals surface area contributed by atoms with Gasteiger partial charge in [-0.2, -0.15) is 0 Å². The maximum atomic E-state index is 8.36. The van der Waals surface area contributed by atoms with Crippen molar-refractivity contribution in [3.05, 3.63) is 0 Å². The predicted octanol–water partition coefficient (Wildman–Crippen LogP) is -1.63. The van der Waals surface area contributed by atoms with Crippen LogP contribution in [0.3, 0.4) is 0 Å². The number of aliphatic hydroxyl groups excluding tert-OH is 2. The van der Waals surface area contributed by atoms with E-state index >= 15 is 0 Å². The van der Waals surface area contributed by atoms with Crippen molar-refractivity contribution in [1.29, 1.82) is 0 Å². The Labute approximate surface area is 127 Å². The molecule has 82 valence electrons. The van der Waals surface area contributed by atoms with Gasteiger partial charge >= 0.3 is 51.4 Å². The first-order valence-corrected chi connectivity index (χ1v) is 4.36. The van der Waals surface area contributed by atoms with Crippen molar-refractivity contribution in [3.63, 3.8) is 0 Å². The molecule has 0 fully saturated rings. The molecule has 2 N–H and O–H groups in total. The fraction of sp³-hybridized carbons (Fsp3) is 1.00. The first kappa shape index (κ1) is 17.8. The van der Waals surface area contributed by atoms with E-state index in [-0.39, 0.29) is 64.6 Å². The van der Waals surface area contributed by atoms with Crippen LogP contribution in [0.25, 0.3) is 0 Å². The van der Waals surface area contributed by atoms with E-state index in [0.717, 1.165) is 0 Å². The van der Waals surface area contributed by atoms with Crippen LogP contribution in [0.15, 0.2) is 0 Å². The Morgan fingerprint density at radius 1 is 0.571 bits per heavy atom. The van der Waals surface area contributed by atoms with Crippen molar-refractivity contribution in [2.24, 2.45) is 0 Å². The van der Waals surface area contributed by atoms with Crippen LogP contribution in [0.4, 0.5) is 0 Å². The van der Waals surface area contributed by atoms with Crippen LogP contribution < -0.4 is 0 Å². The van der Waals surface area contributed by atoms with Gasteiger partial charge in [0.05, 0.1) is 52.9 Å². The molecule has 0 heterocycles. The fourth-order valence-electron chi connectivity index (χ4n) is 0.671. The standard InChI is InChI=1S/C8H18O5.K.H/c9-1-3-11-5-7-13-8-6-12-4-2-10;;/h9-10H,1-8H2;;. The van der Waals surface area contributed by atoms with Gasteiger partial charge in [-0.3, -0.25) is 0 Å². The van der Waals surface area contributed by atoms with Crippen molar-refractivity contribution >= 4 is 51.4 Å². The minimum absolute atomic E-state index is 0. The number of hydrogen-bond donors (Lipinski definition) is 2. The molecule has 0 saturated carbocycles. The summed E-state index contributed by atoms with van der Waals surface area (Å²) in [7, 11) is 0. The second-order valence-electron chi connectivity index (χ2n) is 2.28. The van der Waals surface area contributed by atoms with Gasteiger partial charge in [0.25, 0.3) is 0 Å². The van der Waals surface area contributed by atoms with E-state index in [0.29, 0.717) is 39.6 Å². The summed E-state index contributed by atoms with van der Waals surface area (Å²) in [5, 5.41) is 16.7. The average molecular weight is 234 g/mol. The molecule has 0 rings (SSSR count). The Bertz CT molecular complexity index is 83.8. The summed E-state index contributed by atoms with van der Waals surface area (Å²) in [6, 6.07) is 0. The minimum atomic E-state index is 0. The summed E-state index contributed by atoms with van der Waals surface area (Å²) in [5.41, 5.74) is 0. The molecule has 5 nitrogen and oxygen atoms in total. The maximum absolute atomic E-state index is 8.36. The van der Waals surface area contributed by atoms with E-state index in [1.165, 1.54) is 0 Å². The molecule has 0 radical (unpaired) electrons. The van der Waals surface area contributed by atoms with Crippen molar-refractivity contribution in [1.82, 2.24) is 0 Å². The van der Waals surface area contributed by atoms with Gasteiger partial charge in [-0.15, -0.1) is 0 Å². The van der Waals surface area contributed by atoms with Crippen LogP contribution in [0.1, 0.15) is 0 Å². The molecule has 0 aliphatic rings. The van der Waals surface area contributed by atoms with Gasteiger partial charge in [-0.25, -0.2) is 0 Å². The molecule has 0 aromatic rings. The summed E-state index contributed by atoms with van der Waals surface area (Å²) >= 11 is 0. The van der Waals surface area contributed by atoms with E-state index in [9.17, 15) is 0 Å². The number of hydrogen-bond acceptors (Lipinski definition) is 5. The van der Waals surface area contributed by atoms with Crippen molar-refractivity contribution in [2.45, 2.75) is 0 Å². The van der Waals surface area contributed by atoms with Crippen LogP contribution in [0, 0.1) is 0 Å². The molecule has 0 spiro atoms. The normalized spacial score (nSPS) is 9.86. The van der Waals surface area contributed by atoms with E-state index in [2.05, 4.69) is 0 Å². The van der Waals surface area contributed by atoms with Crippen LogP contribution in [-0.2, 0) is 14.2 Å². The summed E-state index contributed by atoms with van der Waals surface area (Å²) in [6.07, 6.45) is 0. The van der Waals surface area contributed by atoms with Gasteiger partial charge in [0.1, 0.15) is 0 Å². The molecule has 0 aromatic carbocycles. The Balaban J connectivity index is 0. The molecule has 6 heteroatoms. The molecule has 0 unspecified atom stereocenters. The zero-order valence-electron chi connectivity index (χ0n) is 7.78. The molecule has 0 aliphatic carbocycles. The van der Waals surface area contributed by atoms with Gasteiger partial charge in [0.15, 0.2) is 0 Å². The van der Waals surface area contributed by atoms with E-state index in [1.807, 2.05) is 0 Å². The number of rotatable bonds is 10. The number of ether oxygens (including phenoxy) is 3. The molecule has 0 aromatic heterocycles. The summed E-state index contributed by atoms with van der Waals surface area (Å²) in [5.74, 6) is 0. The second kappa shape index (κ2) is 16.9. The Morgan fingerprint density at radius 2 is 0.857 bits per heavy atom. The first-order chi connectivity index (χ1) is 6.41. The van der Waals surface area contributed by atoms with E-state index in [4.69, 9.17) is 24.4 Å². The van der Waals surface area contributed by atoms with Crippen LogP contribution in [0.5, 0.6) is 0 Å². The summed E-state index contributed by atoms with van der Waals surface area (Å²) in [4.78, 5) is 0. The summed E-state index contributed by atoms with van der Waals surface area (Å²) < 4.78 is 15.0. The number of aliphatic hydroxyl groups is 2. The summed E-state index contributed by atoms with van der Waals surface area (Å²) in [6.45, 7) is 2.76. The molecular weight excluding hydrogens is 215 g/mol. The van der Waals surface area contributed by atoms with E-state index in [1.54, 1.807) is 0 Å². The van der Waals surface area contributed by atoms with Crippen molar-refractivity contribution in [2.75, 3.05) is 52.9 Å². The van der Waals surface area contributed by atoms with Gasteiger partial charge in [-0.05, 0) is 0 Å². The Kier molecular flexibility index (Phi) is 21.4. The monoisotopic (exact) mass is 234 g/mol. The predicted molar refractivity (Wildman–Crippen MR) is 53.8 cm³/mol. The fourth-order valence-corrected chi connectivity index (χ4v) is 0.671. The topological polar surface area (TPSA) is 68.2 Å². The Hall–Kier alpha value is 1.44. The molecule has 0 bridgehead atoms. The van der Waals surface area contributed by atoms with Gasteiger partial charge in [0, 0.05) is 0 Å². The van der Waals surface area contributed by atoms with Gasteiger partial charge in [0.2, 0.25) is 0 Å². The van der Waals surface area contributed by atoms with Crippen LogP contribution in [0.2, 0.25) is 0 Å². The van der Waals surface area contributed by atoms with Gasteiger partial charge in [-0.1, -0.05) is 0 Å². The molecule has 0 saturated heterocycles. The first-order valence-electron chi connectivity index (χ1n) is 4.36. The zero-order chi connectivity index (χ0) is 9.78. The second-order valence-corrected chi connectivity index (χ2v) is 2.28. The molecule has 0 amide bonds. The van der Waals surface area contributed by atoms with Crippen LogP contribution >= 0.6 is 0 Å². The SMILES string of the molecule is OCCOCCOCCOCCO.[KH]. The Morgan fingerprint density at radius 3 is 1.14 bits per heavy atom. The third kappa shape index (κ3) is 15.9. The van der Waals surface area contributed by atoms with Crippen molar-refractivity contribution in [3.8, 4) is 0 Å². The third-order valence-corrected chi connectivity index (χ3v) is 1.22. The quantitative estimate of drug-likeness (QED) is 0.351.